The first kappa shape index (κ1) is 13.8. The van der Waals surface area contributed by atoms with Gasteiger partial charge in [0.2, 0.25) is 0 Å². The highest BCUT2D eigenvalue weighted by molar-refractivity contribution is 6.17. The highest BCUT2D eigenvalue weighted by Crippen LogP contribution is 2.27. The number of ether oxygens (including phenoxy) is 1. The molecular weight excluding hydrogens is 242 g/mol. The maximum absolute atomic E-state index is 10.6. The van der Waals surface area contributed by atoms with E-state index in [0.29, 0.717) is 11.3 Å². The Hall–Kier alpha value is -1.29. The smallest absolute Gasteiger partial charge is 0.270 e. The van der Waals surface area contributed by atoms with Crippen LogP contribution in [0.15, 0.2) is 18.2 Å². The molecule has 0 aromatic heterocycles. The Balaban J connectivity index is 2.96. The van der Waals surface area contributed by atoms with Crippen molar-refractivity contribution in [2.75, 3.05) is 0 Å². The summed E-state index contributed by atoms with van der Waals surface area (Å²) in [7, 11) is 0. The third-order valence-corrected chi connectivity index (χ3v) is 2.89. The summed E-state index contributed by atoms with van der Waals surface area (Å²) in [6.45, 7) is 4.08. The van der Waals surface area contributed by atoms with Crippen molar-refractivity contribution in [3.63, 3.8) is 0 Å². The molecule has 0 unspecified atom stereocenters. The van der Waals surface area contributed by atoms with Gasteiger partial charge in [0.15, 0.2) is 0 Å². The first-order chi connectivity index (χ1) is 8.12. The molecule has 0 radical (unpaired) electrons. The van der Waals surface area contributed by atoms with E-state index in [1.54, 1.807) is 6.07 Å². The van der Waals surface area contributed by atoms with Crippen LogP contribution >= 0.6 is 11.6 Å². The van der Waals surface area contributed by atoms with E-state index >= 15 is 0 Å². The quantitative estimate of drug-likeness (QED) is 0.441. The summed E-state index contributed by atoms with van der Waals surface area (Å²) in [6, 6.07) is 4.52. The van der Waals surface area contributed by atoms with E-state index in [1.807, 2.05) is 13.8 Å². The molecule has 4 nitrogen and oxygen atoms in total. The Bertz CT molecular complexity index is 391. The van der Waals surface area contributed by atoms with Gasteiger partial charge in [0.1, 0.15) is 5.75 Å². The van der Waals surface area contributed by atoms with E-state index in [1.165, 1.54) is 12.1 Å². The van der Waals surface area contributed by atoms with E-state index in [0.717, 1.165) is 12.8 Å². The number of alkyl halides is 1. The summed E-state index contributed by atoms with van der Waals surface area (Å²) in [5.41, 5.74) is 0.699. The van der Waals surface area contributed by atoms with Gasteiger partial charge in [0, 0.05) is 17.7 Å². The molecule has 0 atom stereocenters. The van der Waals surface area contributed by atoms with Crippen molar-refractivity contribution in [1.29, 1.82) is 0 Å². The molecule has 0 aliphatic rings. The molecule has 17 heavy (non-hydrogen) atoms. The van der Waals surface area contributed by atoms with Crippen LogP contribution in [0.25, 0.3) is 0 Å². The summed E-state index contributed by atoms with van der Waals surface area (Å²) in [5, 5.41) is 10.6. The van der Waals surface area contributed by atoms with Crippen molar-refractivity contribution >= 4 is 17.3 Å². The molecule has 0 aliphatic carbocycles. The topological polar surface area (TPSA) is 52.4 Å². The van der Waals surface area contributed by atoms with Gasteiger partial charge in [-0.3, -0.25) is 10.1 Å². The van der Waals surface area contributed by atoms with Crippen molar-refractivity contribution in [2.24, 2.45) is 0 Å². The van der Waals surface area contributed by atoms with Gasteiger partial charge < -0.3 is 4.74 Å². The molecule has 1 aromatic rings. The SMILES string of the molecule is CCC(CC)Oc1ccc([N+](=O)[O-])cc1CCl. The second kappa shape index (κ2) is 6.45. The number of rotatable bonds is 6. The van der Waals surface area contributed by atoms with Crippen LogP contribution in [0.1, 0.15) is 32.3 Å². The normalized spacial score (nSPS) is 10.6. The minimum atomic E-state index is -0.434. The molecule has 0 saturated heterocycles. The predicted octanol–water partition coefficient (Wildman–Crippen LogP) is 3.90. The standard InChI is InChI=1S/C12H16ClNO3/c1-3-11(4-2)17-12-6-5-10(14(15)16)7-9(12)8-13/h5-7,11H,3-4,8H2,1-2H3. The molecule has 0 heterocycles. The van der Waals surface area contributed by atoms with E-state index in [4.69, 9.17) is 16.3 Å². The molecular formula is C12H16ClNO3. The first-order valence-electron chi connectivity index (χ1n) is 5.62. The monoisotopic (exact) mass is 257 g/mol. The number of non-ortho nitro benzene ring substituents is 1. The van der Waals surface area contributed by atoms with Crippen LogP contribution in [-0.2, 0) is 5.88 Å². The van der Waals surface area contributed by atoms with E-state index < -0.39 is 4.92 Å². The maximum atomic E-state index is 10.6. The molecule has 1 aromatic carbocycles. The largest absolute Gasteiger partial charge is 0.490 e. The number of halogens is 1. The van der Waals surface area contributed by atoms with Gasteiger partial charge in [0.25, 0.3) is 5.69 Å². The zero-order valence-corrected chi connectivity index (χ0v) is 10.7. The Labute approximate surface area is 106 Å². The lowest BCUT2D eigenvalue weighted by atomic mass is 10.2. The van der Waals surface area contributed by atoms with E-state index in [-0.39, 0.29) is 17.7 Å². The average molecular weight is 258 g/mol. The Morgan fingerprint density at radius 2 is 2.06 bits per heavy atom. The van der Waals surface area contributed by atoms with Gasteiger partial charge in [-0.1, -0.05) is 13.8 Å². The minimum absolute atomic E-state index is 0.0394. The zero-order valence-electron chi connectivity index (χ0n) is 9.98. The van der Waals surface area contributed by atoms with Gasteiger partial charge in [0.05, 0.1) is 16.9 Å². The lowest BCUT2D eigenvalue weighted by molar-refractivity contribution is -0.384. The number of hydrogen-bond donors (Lipinski definition) is 0. The summed E-state index contributed by atoms with van der Waals surface area (Å²) < 4.78 is 5.76. The van der Waals surface area contributed by atoms with Crippen LogP contribution in [0.5, 0.6) is 5.75 Å². The van der Waals surface area contributed by atoms with Crippen molar-refractivity contribution in [3.8, 4) is 5.75 Å². The number of hydrogen-bond acceptors (Lipinski definition) is 3. The second-order valence-corrected chi connectivity index (χ2v) is 4.01. The van der Waals surface area contributed by atoms with Crippen LogP contribution in [0, 0.1) is 10.1 Å². The molecule has 0 fully saturated rings. The van der Waals surface area contributed by atoms with Gasteiger partial charge in [-0.25, -0.2) is 0 Å². The fourth-order valence-corrected chi connectivity index (χ4v) is 1.74. The zero-order chi connectivity index (χ0) is 12.8. The Morgan fingerprint density at radius 3 is 2.53 bits per heavy atom. The molecule has 0 aliphatic heterocycles. The van der Waals surface area contributed by atoms with Crippen molar-refractivity contribution in [3.05, 3.63) is 33.9 Å². The minimum Gasteiger partial charge on any atom is -0.490 e. The van der Waals surface area contributed by atoms with Crippen molar-refractivity contribution in [1.82, 2.24) is 0 Å². The summed E-state index contributed by atoms with van der Waals surface area (Å²) in [5.74, 6) is 0.844. The Kier molecular flexibility index (Phi) is 5.22. The van der Waals surface area contributed by atoms with Gasteiger partial charge in [-0.2, -0.15) is 0 Å². The molecule has 0 N–H and O–H groups in total. The molecule has 0 saturated carbocycles. The van der Waals surface area contributed by atoms with E-state index in [9.17, 15) is 10.1 Å². The highest BCUT2D eigenvalue weighted by Gasteiger charge is 2.13. The lowest BCUT2D eigenvalue weighted by Crippen LogP contribution is -2.14. The second-order valence-electron chi connectivity index (χ2n) is 3.74. The highest BCUT2D eigenvalue weighted by atomic mass is 35.5. The first-order valence-corrected chi connectivity index (χ1v) is 6.15. The van der Waals surface area contributed by atoms with Crippen LogP contribution in [0.3, 0.4) is 0 Å². The molecule has 94 valence electrons. The molecule has 5 heteroatoms. The van der Waals surface area contributed by atoms with Crippen LogP contribution in [-0.4, -0.2) is 11.0 Å². The molecule has 1 rings (SSSR count). The summed E-state index contributed by atoms with van der Waals surface area (Å²) in [6.07, 6.45) is 1.92. The molecule has 0 amide bonds. The third-order valence-electron chi connectivity index (χ3n) is 2.60. The summed E-state index contributed by atoms with van der Waals surface area (Å²) >= 11 is 5.78. The summed E-state index contributed by atoms with van der Waals surface area (Å²) in [4.78, 5) is 10.2. The number of nitro benzene ring substituents is 1. The van der Waals surface area contributed by atoms with Gasteiger partial charge in [-0.05, 0) is 18.9 Å². The Morgan fingerprint density at radius 1 is 1.41 bits per heavy atom. The van der Waals surface area contributed by atoms with Crippen LogP contribution in [0.2, 0.25) is 0 Å². The van der Waals surface area contributed by atoms with Gasteiger partial charge in [-0.15, -0.1) is 11.6 Å². The average Bonchev–Trinajstić information content (AvgIpc) is 2.35. The van der Waals surface area contributed by atoms with Crippen molar-refractivity contribution in [2.45, 2.75) is 38.7 Å². The van der Waals surface area contributed by atoms with E-state index in [2.05, 4.69) is 0 Å². The van der Waals surface area contributed by atoms with Crippen LogP contribution in [0.4, 0.5) is 5.69 Å². The number of nitro groups is 1. The van der Waals surface area contributed by atoms with Crippen LogP contribution < -0.4 is 4.74 Å². The van der Waals surface area contributed by atoms with Crippen molar-refractivity contribution < 1.29 is 9.66 Å². The predicted molar refractivity (Wildman–Crippen MR) is 67.7 cm³/mol. The number of benzene rings is 1. The molecule has 0 spiro atoms. The number of nitrogens with zero attached hydrogens (tertiary/aromatic N) is 1. The third kappa shape index (κ3) is 3.60. The maximum Gasteiger partial charge on any atom is 0.270 e. The fraction of sp³-hybridized carbons (Fsp3) is 0.500. The lowest BCUT2D eigenvalue weighted by Gasteiger charge is -2.17. The van der Waals surface area contributed by atoms with Gasteiger partial charge >= 0.3 is 0 Å². The molecule has 0 bridgehead atoms. The fourth-order valence-electron chi connectivity index (χ4n) is 1.53.